The van der Waals surface area contributed by atoms with E-state index in [9.17, 15) is 22.8 Å². The molecule has 1 aliphatic heterocycles. The zero-order valence-electron chi connectivity index (χ0n) is 17.7. The topological polar surface area (TPSA) is 130 Å². The fourth-order valence-corrected chi connectivity index (χ4v) is 4.40. The Bertz CT molecular complexity index is 1490. The first-order valence-corrected chi connectivity index (χ1v) is 10.8. The highest BCUT2D eigenvalue weighted by atomic mass is 35.5. The second kappa shape index (κ2) is 8.41. The van der Waals surface area contributed by atoms with Gasteiger partial charge in [-0.15, -0.1) is 0 Å². The van der Waals surface area contributed by atoms with Crippen LogP contribution in [0.4, 0.5) is 18.0 Å². The molecule has 1 aromatic carbocycles. The fourth-order valence-electron chi connectivity index (χ4n) is 4.14. The van der Waals surface area contributed by atoms with Gasteiger partial charge < -0.3 is 19.5 Å². The largest absolute Gasteiger partial charge is 0.465 e. The zero-order valence-corrected chi connectivity index (χ0v) is 18.5. The van der Waals surface area contributed by atoms with Gasteiger partial charge in [-0.25, -0.2) is 9.31 Å². The zero-order chi connectivity index (χ0) is 24.9. The highest BCUT2D eigenvalue weighted by Crippen LogP contribution is 2.36. The molecule has 1 amide bonds. The van der Waals surface area contributed by atoms with E-state index in [4.69, 9.17) is 21.2 Å². The Morgan fingerprint density at radius 3 is 2.60 bits per heavy atom. The summed E-state index contributed by atoms with van der Waals surface area (Å²) >= 11 is 6.02. The molecule has 0 saturated carbocycles. The first-order valence-electron chi connectivity index (χ1n) is 10.4. The minimum absolute atomic E-state index is 0.0551. The maximum absolute atomic E-state index is 12.9. The van der Waals surface area contributed by atoms with E-state index in [1.54, 1.807) is 4.52 Å². The monoisotopic (exact) mass is 508 g/mol. The summed E-state index contributed by atoms with van der Waals surface area (Å²) in [5, 5.41) is 17.2. The van der Waals surface area contributed by atoms with Gasteiger partial charge in [0, 0.05) is 25.1 Å². The molecule has 5 rings (SSSR count). The number of carbonyl (C=O) groups is 1. The average Bonchev–Trinajstić information content (AvgIpc) is 3.45. The van der Waals surface area contributed by atoms with E-state index in [1.165, 1.54) is 17.2 Å². The molecule has 0 unspecified atom stereocenters. The van der Waals surface area contributed by atoms with Crippen LogP contribution in [0.2, 0.25) is 5.02 Å². The van der Waals surface area contributed by atoms with Gasteiger partial charge >= 0.3 is 12.3 Å². The number of H-pyrrole nitrogens is 1. The van der Waals surface area contributed by atoms with Gasteiger partial charge in [0.15, 0.2) is 0 Å². The van der Waals surface area contributed by atoms with Crippen LogP contribution < -0.4 is 5.56 Å². The lowest BCUT2D eigenvalue weighted by molar-refractivity contribution is -0.137. The van der Waals surface area contributed by atoms with Crippen molar-refractivity contribution in [3.8, 4) is 22.8 Å². The number of fused-ring (bicyclic) bond motifs is 1. The number of piperidine rings is 1. The number of halogens is 4. The van der Waals surface area contributed by atoms with Crippen LogP contribution in [0.15, 0.2) is 39.8 Å². The predicted molar refractivity (Wildman–Crippen MR) is 116 cm³/mol. The Morgan fingerprint density at radius 1 is 1.20 bits per heavy atom. The molecular weight excluding hydrogens is 493 g/mol. The summed E-state index contributed by atoms with van der Waals surface area (Å²) in [6.07, 6.45) is -3.04. The number of likely N-dealkylation sites (tertiary alicyclic amines) is 1. The summed E-state index contributed by atoms with van der Waals surface area (Å²) < 4.78 is 45.5. The van der Waals surface area contributed by atoms with Crippen molar-refractivity contribution in [3.63, 3.8) is 0 Å². The molecule has 0 aliphatic carbocycles. The number of hydrogen-bond donors (Lipinski definition) is 2. The fraction of sp³-hybridized carbons (Fsp3) is 0.286. The van der Waals surface area contributed by atoms with Gasteiger partial charge in [-0.2, -0.15) is 23.3 Å². The van der Waals surface area contributed by atoms with Crippen molar-refractivity contribution in [2.24, 2.45) is 0 Å². The number of aromatic nitrogens is 5. The first kappa shape index (κ1) is 22.9. The van der Waals surface area contributed by atoms with Crippen LogP contribution in [-0.4, -0.2) is 53.9 Å². The summed E-state index contributed by atoms with van der Waals surface area (Å²) in [7, 11) is 0. The van der Waals surface area contributed by atoms with E-state index in [0.29, 0.717) is 42.8 Å². The molecule has 1 fully saturated rings. The molecule has 1 aliphatic rings. The Morgan fingerprint density at radius 2 is 1.94 bits per heavy atom. The van der Waals surface area contributed by atoms with Crippen LogP contribution in [0.3, 0.4) is 0 Å². The maximum atomic E-state index is 12.9. The van der Waals surface area contributed by atoms with Crippen molar-refractivity contribution >= 4 is 23.3 Å². The third-order valence-corrected chi connectivity index (χ3v) is 6.22. The van der Waals surface area contributed by atoms with E-state index >= 15 is 0 Å². The molecule has 0 spiro atoms. The highest BCUT2D eigenvalue weighted by Gasteiger charge is 2.31. The van der Waals surface area contributed by atoms with Gasteiger partial charge in [0.25, 0.3) is 11.4 Å². The lowest BCUT2D eigenvalue weighted by atomic mass is 9.93. The van der Waals surface area contributed by atoms with E-state index in [-0.39, 0.29) is 33.8 Å². The van der Waals surface area contributed by atoms with Gasteiger partial charge in [-0.3, -0.25) is 4.79 Å². The van der Waals surface area contributed by atoms with Gasteiger partial charge in [0.1, 0.15) is 5.65 Å². The van der Waals surface area contributed by atoms with E-state index in [1.807, 2.05) is 0 Å². The molecule has 0 atom stereocenters. The van der Waals surface area contributed by atoms with Crippen LogP contribution in [0.1, 0.15) is 30.0 Å². The van der Waals surface area contributed by atoms with Gasteiger partial charge in [0.2, 0.25) is 5.82 Å². The molecule has 3 aromatic heterocycles. The number of alkyl halides is 3. The Balaban J connectivity index is 1.49. The molecule has 182 valence electrons. The molecule has 0 bridgehead atoms. The first-order chi connectivity index (χ1) is 16.6. The quantitative estimate of drug-likeness (QED) is 0.422. The Kier molecular flexibility index (Phi) is 5.50. The number of amides is 1. The van der Waals surface area contributed by atoms with Crippen molar-refractivity contribution in [1.82, 2.24) is 29.6 Å². The third kappa shape index (κ3) is 4.22. The number of carboxylic acid groups (broad SMARTS) is 1. The molecule has 0 radical (unpaired) electrons. The molecule has 10 nitrogen and oxygen atoms in total. The standard InChI is InChI=1S/C21H16ClF3N6O4/c22-14-7-11(21(23,24)25)1-2-12(14)19-28-17(29-35-19)13-9-26-31-15(8-16(32)27-18(13)31)10-3-5-30(6-4-10)20(33)34/h1-2,7-10H,3-6H2,(H,27,32)(H,33,34). The molecular formula is C21H16ClF3N6O4. The van der Waals surface area contributed by atoms with Crippen LogP contribution in [0.5, 0.6) is 0 Å². The maximum Gasteiger partial charge on any atom is 0.416 e. The van der Waals surface area contributed by atoms with E-state index < -0.39 is 17.8 Å². The van der Waals surface area contributed by atoms with Crippen LogP contribution in [0.25, 0.3) is 28.5 Å². The second-order valence-electron chi connectivity index (χ2n) is 8.04. The average molecular weight is 509 g/mol. The summed E-state index contributed by atoms with van der Waals surface area (Å²) in [6, 6.07) is 4.20. The van der Waals surface area contributed by atoms with Crippen molar-refractivity contribution in [3.05, 3.63) is 57.1 Å². The SMILES string of the molecule is O=C(O)N1CCC(c2cc(=O)[nH]c3c(-c4noc(-c5ccc(C(F)(F)F)cc5Cl)n4)cnn23)CC1. The van der Waals surface area contributed by atoms with Gasteiger partial charge in [-0.1, -0.05) is 16.8 Å². The molecule has 35 heavy (non-hydrogen) atoms. The van der Waals surface area contributed by atoms with Crippen molar-refractivity contribution in [1.29, 1.82) is 0 Å². The second-order valence-corrected chi connectivity index (χ2v) is 8.44. The summed E-state index contributed by atoms with van der Waals surface area (Å²) in [5.41, 5.74) is 0.0881. The highest BCUT2D eigenvalue weighted by molar-refractivity contribution is 6.33. The molecule has 4 aromatic rings. The van der Waals surface area contributed by atoms with Crippen LogP contribution >= 0.6 is 11.6 Å². The van der Waals surface area contributed by atoms with Crippen molar-refractivity contribution in [2.75, 3.05) is 13.1 Å². The van der Waals surface area contributed by atoms with Gasteiger partial charge in [-0.05, 0) is 31.0 Å². The Hall–Kier alpha value is -3.87. The number of hydrogen-bond acceptors (Lipinski definition) is 6. The van der Waals surface area contributed by atoms with Crippen LogP contribution in [0, 0.1) is 0 Å². The number of rotatable bonds is 3. The summed E-state index contributed by atoms with van der Waals surface area (Å²) in [4.78, 5) is 31.8. The molecule has 14 heteroatoms. The Labute approximate surface area is 198 Å². The van der Waals surface area contributed by atoms with E-state index in [2.05, 4.69) is 20.2 Å². The minimum atomic E-state index is -4.55. The molecule has 4 heterocycles. The molecule has 2 N–H and O–H groups in total. The summed E-state index contributed by atoms with van der Waals surface area (Å²) in [5.74, 6) is -0.132. The smallest absolute Gasteiger partial charge is 0.416 e. The van der Waals surface area contributed by atoms with Crippen molar-refractivity contribution in [2.45, 2.75) is 24.9 Å². The number of benzene rings is 1. The predicted octanol–water partition coefficient (Wildman–Crippen LogP) is 4.27. The third-order valence-electron chi connectivity index (χ3n) is 5.91. The normalized spacial score (nSPS) is 15.1. The number of aromatic amines is 1. The van der Waals surface area contributed by atoms with Crippen LogP contribution in [-0.2, 0) is 6.18 Å². The number of nitrogens with one attached hydrogen (secondary N) is 1. The number of nitrogens with zero attached hydrogens (tertiary/aromatic N) is 5. The van der Waals surface area contributed by atoms with Crippen molar-refractivity contribution < 1.29 is 27.6 Å². The minimum Gasteiger partial charge on any atom is -0.465 e. The molecule has 1 saturated heterocycles. The van der Waals surface area contributed by atoms with E-state index in [0.717, 1.165) is 18.2 Å². The van der Waals surface area contributed by atoms with Gasteiger partial charge in [0.05, 0.1) is 33.6 Å². The lowest BCUT2D eigenvalue weighted by Crippen LogP contribution is -2.37. The lowest BCUT2D eigenvalue weighted by Gasteiger charge is -2.30. The summed E-state index contributed by atoms with van der Waals surface area (Å²) in [6.45, 7) is 0.676.